The van der Waals surface area contributed by atoms with Crippen LogP contribution in [-0.2, 0) is 23.7 Å². The second-order valence-electron chi connectivity index (χ2n) is 9.04. The molecule has 14 nitrogen and oxygen atoms in total. The van der Waals surface area contributed by atoms with Crippen LogP contribution >= 0.6 is 11.3 Å². The van der Waals surface area contributed by atoms with E-state index in [0.717, 1.165) is 0 Å². The molecule has 3 aromatic rings. The number of rotatable bonds is 22. The van der Waals surface area contributed by atoms with Gasteiger partial charge in [0.1, 0.15) is 11.4 Å². The van der Waals surface area contributed by atoms with Gasteiger partial charge in [-0.05, 0) is 24.6 Å². The summed E-state index contributed by atoms with van der Waals surface area (Å²) in [5, 5.41) is 10.2. The van der Waals surface area contributed by atoms with Crippen LogP contribution in [0, 0.1) is 0 Å². The number of benzene rings is 1. The minimum absolute atomic E-state index is 0.136. The van der Waals surface area contributed by atoms with E-state index in [4.69, 9.17) is 29.4 Å². The number of thiazole rings is 1. The number of hydrogen-bond donors (Lipinski definition) is 4. The van der Waals surface area contributed by atoms with Gasteiger partial charge in [-0.3, -0.25) is 18.8 Å². The zero-order valence-electron chi connectivity index (χ0n) is 24.3. The quantitative estimate of drug-likeness (QED) is 0.120. The van der Waals surface area contributed by atoms with Crippen molar-refractivity contribution in [2.45, 2.75) is 12.8 Å². The summed E-state index contributed by atoms with van der Waals surface area (Å²) in [5.41, 5.74) is 6.28. The fourth-order valence-corrected chi connectivity index (χ4v) is 4.44. The Morgan fingerprint density at radius 3 is 2.28 bits per heavy atom. The number of anilines is 1. The third-order valence-corrected chi connectivity index (χ3v) is 6.61. The number of nitrogens with zero attached hydrogens (tertiary/aromatic N) is 2. The molecule has 5 N–H and O–H groups in total. The van der Waals surface area contributed by atoms with Gasteiger partial charge in [0.2, 0.25) is 5.91 Å². The van der Waals surface area contributed by atoms with Crippen molar-refractivity contribution in [2.24, 2.45) is 5.73 Å². The van der Waals surface area contributed by atoms with Crippen molar-refractivity contribution in [2.75, 3.05) is 84.9 Å². The number of aromatic nitrogens is 2. The van der Waals surface area contributed by atoms with E-state index in [1.165, 1.54) is 24.5 Å². The third kappa shape index (κ3) is 12.3. The highest BCUT2D eigenvalue weighted by Crippen LogP contribution is 2.23. The highest BCUT2D eigenvalue weighted by Gasteiger charge is 2.16. The third-order valence-electron chi connectivity index (χ3n) is 5.84. The predicted octanol–water partition coefficient (Wildman–Crippen LogP) is 1.31. The Bertz CT molecular complexity index is 1250. The molecule has 2 heterocycles. The number of imidazole rings is 1. The number of nitrogens with one attached hydrogen (secondary N) is 3. The molecule has 0 spiro atoms. The van der Waals surface area contributed by atoms with Crippen LogP contribution in [0.25, 0.3) is 4.96 Å². The first-order chi connectivity index (χ1) is 21.0. The van der Waals surface area contributed by atoms with Crippen molar-refractivity contribution >= 4 is 39.7 Å². The molecule has 0 radical (unpaired) electrons. The Morgan fingerprint density at radius 1 is 0.907 bits per heavy atom. The molecule has 0 fully saturated rings. The summed E-state index contributed by atoms with van der Waals surface area (Å²) in [5.74, 6) is -0.546. The number of carbonyl (C=O) groups is 3. The second kappa shape index (κ2) is 19.6. The van der Waals surface area contributed by atoms with Crippen LogP contribution in [0.4, 0.5) is 5.69 Å². The molecule has 15 heteroatoms. The Morgan fingerprint density at radius 2 is 1.60 bits per heavy atom. The Balaban J connectivity index is 1.24. The first-order valence-corrected chi connectivity index (χ1v) is 14.9. The van der Waals surface area contributed by atoms with Gasteiger partial charge in [-0.15, -0.1) is 11.3 Å². The van der Waals surface area contributed by atoms with Crippen molar-refractivity contribution in [3.05, 3.63) is 47.2 Å². The van der Waals surface area contributed by atoms with Crippen LogP contribution in [-0.4, -0.2) is 107 Å². The number of ether oxygens (including phenoxy) is 5. The molecule has 3 rings (SSSR count). The fraction of sp³-hybridized carbons (Fsp3) is 0.500. The van der Waals surface area contributed by atoms with Gasteiger partial charge in [0.05, 0.1) is 65.5 Å². The smallest absolute Gasteiger partial charge is 0.275 e. The lowest BCUT2D eigenvalue weighted by Gasteiger charge is -2.12. The SMILES string of the molecule is COc1ccc(NC(=O)c2cn3ccsc3n2)cc1C(=O)NCCCC(=O)NCCOCCOCCOCCOCCN. The summed E-state index contributed by atoms with van der Waals surface area (Å²) in [6.07, 6.45) is 4.15. The van der Waals surface area contributed by atoms with E-state index in [1.807, 2.05) is 11.6 Å². The zero-order valence-corrected chi connectivity index (χ0v) is 25.1. The molecule has 2 aromatic heterocycles. The van der Waals surface area contributed by atoms with Crippen LogP contribution in [0.5, 0.6) is 5.75 Å². The molecule has 0 aliphatic carbocycles. The molecule has 43 heavy (non-hydrogen) atoms. The summed E-state index contributed by atoms with van der Waals surface area (Å²) in [4.78, 5) is 42.5. The van der Waals surface area contributed by atoms with E-state index in [-0.39, 0.29) is 41.9 Å². The van der Waals surface area contributed by atoms with Gasteiger partial charge in [0.25, 0.3) is 11.8 Å². The molecule has 0 saturated heterocycles. The van der Waals surface area contributed by atoms with Crippen LogP contribution in [0.3, 0.4) is 0 Å². The van der Waals surface area contributed by atoms with Gasteiger partial charge in [-0.25, -0.2) is 4.98 Å². The largest absolute Gasteiger partial charge is 0.496 e. The van der Waals surface area contributed by atoms with E-state index >= 15 is 0 Å². The Kier molecular flexibility index (Phi) is 15.4. The Labute approximate surface area is 254 Å². The van der Waals surface area contributed by atoms with Crippen LogP contribution in [0.2, 0.25) is 0 Å². The average molecular weight is 621 g/mol. The maximum Gasteiger partial charge on any atom is 0.275 e. The molecule has 0 unspecified atom stereocenters. The predicted molar refractivity (Wildman–Crippen MR) is 161 cm³/mol. The zero-order chi connectivity index (χ0) is 30.7. The lowest BCUT2D eigenvalue weighted by molar-refractivity contribution is -0.121. The molecule has 1 aromatic carbocycles. The molecule has 0 atom stereocenters. The summed E-state index contributed by atoms with van der Waals surface area (Å²) in [6, 6.07) is 4.79. The van der Waals surface area contributed by atoms with E-state index < -0.39 is 0 Å². The molecular formula is C28H40N6O8S. The van der Waals surface area contributed by atoms with Gasteiger partial charge in [0.15, 0.2) is 4.96 Å². The summed E-state index contributed by atoms with van der Waals surface area (Å²) < 4.78 is 28.5. The van der Waals surface area contributed by atoms with E-state index in [9.17, 15) is 14.4 Å². The normalized spacial score (nSPS) is 11.0. The van der Waals surface area contributed by atoms with Gasteiger partial charge in [-0.2, -0.15) is 0 Å². The van der Waals surface area contributed by atoms with E-state index in [0.29, 0.717) is 88.8 Å². The van der Waals surface area contributed by atoms with Crippen molar-refractivity contribution in [1.29, 1.82) is 0 Å². The molecule has 0 bridgehead atoms. The van der Waals surface area contributed by atoms with E-state index in [1.54, 1.807) is 22.7 Å². The lowest BCUT2D eigenvalue weighted by Crippen LogP contribution is -2.29. The number of hydrogen-bond acceptors (Lipinski definition) is 11. The summed E-state index contributed by atoms with van der Waals surface area (Å²) >= 11 is 1.43. The first kappa shape index (κ1) is 33.9. The lowest BCUT2D eigenvalue weighted by atomic mass is 10.1. The minimum atomic E-state index is -0.389. The van der Waals surface area contributed by atoms with Crippen molar-refractivity contribution in [3.63, 3.8) is 0 Å². The number of methoxy groups -OCH3 is 1. The molecule has 3 amide bonds. The highest BCUT2D eigenvalue weighted by molar-refractivity contribution is 7.15. The maximum atomic E-state index is 12.8. The highest BCUT2D eigenvalue weighted by atomic mass is 32.1. The minimum Gasteiger partial charge on any atom is -0.496 e. The number of amides is 3. The molecule has 0 aliphatic heterocycles. The van der Waals surface area contributed by atoms with Crippen molar-refractivity contribution < 1.29 is 38.1 Å². The molecule has 0 aliphatic rings. The Hall–Kier alpha value is -3.60. The number of nitrogens with two attached hydrogens (primary N) is 1. The van der Waals surface area contributed by atoms with Crippen LogP contribution < -0.4 is 26.4 Å². The average Bonchev–Trinajstić information content (AvgIpc) is 3.62. The summed E-state index contributed by atoms with van der Waals surface area (Å²) in [7, 11) is 1.46. The van der Waals surface area contributed by atoms with Crippen LogP contribution in [0.15, 0.2) is 36.0 Å². The van der Waals surface area contributed by atoms with E-state index in [2.05, 4.69) is 20.9 Å². The van der Waals surface area contributed by atoms with Crippen molar-refractivity contribution in [3.8, 4) is 5.75 Å². The maximum absolute atomic E-state index is 12.8. The molecular weight excluding hydrogens is 580 g/mol. The second-order valence-corrected chi connectivity index (χ2v) is 9.91. The first-order valence-electron chi connectivity index (χ1n) is 14.0. The fourth-order valence-electron chi connectivity index (χ4n) is 3.74. The van der Waals surface area contributed by atoms with Gasteiger partial charge in [-0.1, -0.05) is 0 Å². The number of fused-ring (bicyclic) bond motifs is 1. The van der Waals surface area contributed by atoms with Crippen molar-refractivity contribution in [1.82, 2.24) is 20.0 Å². The number of carbonyl (C=O) groups excluding carboxylic acids is 3. The van der Waals surface area contributed by atoms with Gasteiger partial charge < -0.3 is 45.4 Å². The topological polar surface area (TPSA) is 177 Å². The summed E-state index contributed by atoms with van der Waals surface area (Å²) in [6.45, 7) is 4.87. The van der Waals surface area contributed by atoms with Gasteiger partial charge >= 0.3 is 0 Å². The van der Waals surface area contributed by atoms with Crippen LogP contribution in [0.1, 0.15) is 33.7 Å². The molecule has 236 valence electrons. The monoisotopic (exact) mass is 620 g/mol. The molecule has 0 saturated carbocycles. The van der Waals surface area contributed by atoms with Gasteiger partial charge in [0, 0.05) is 49.5 Å². The standard InChI is InChI=1S/C28H40N6O8S/c1-38-24-5-4-21(32-27(37)23-20-34-9-18-43-28(34)33-23)19-22(24)26(36)31-7-2-3-25(35)30-8-11-40-13-15-42-17-16-41-14-12-39-10-6-29/h4-5,9,18-20H,2-3,6-8,10-17,29H2,1H3,(H,30,35)(H,31,36)(H,32,37).